The number of rotatable bonds is 4. The van der Waals surface area contributed by atoms with E-state index in [0.717, 1.165) is 4.90 Å². The van der Waals surface area contributed by atoms with Crippen LogP contribution in [0.15, 0.2) is 16.5 Å². The molecule has 0 aromatic carbocycles. The molecule has 1 aromatic rings. The van der Waals surface area contributed by atoms with Crippen LogP contribution in [0.25, 0.3) is 0 Å². The number of carboxylic acid groups (broad SMARTS) is 1. The molecular formula is C9H10ClNO4. The number of carboxylic acids is 1. The lowest BCUT2D eigenvalue weighted by atomic mass is 10.3. The van der Waals surface area contributed by atoms with E-state index >= 15 is 0 Å². The zero-order chi connectivity index (χ0) is 11.4. The van der Waals surface area contributed by atoms with Crippen molar-refractivity contribution < 1.29 is 19.1 Å². The van der Waals surface area contributed by atoms with Crippen molar-refractivity contribution in [3.05, 3.63) is 23.1 Å². The molecule has 0 saturated heterocycles. The first-order valence-electron chi connectivity index (χ1n) is 4.31. The second-order valence-corrected chi connectivity index (χ2v) is 3.19. The van der Waals surface area contributed by atoms with Gasteiger partial charge in [-0.25, -0.2) is 0 Å². The number of furan rings is 1. The first-order chi connectivity index (χ1) is 7.04. The highest BCUT2D eigenvalue weighted by molar-refractivity contribution is 6.29. The number of carbonyl (C=O) groups excluding carboxylic acids is 1. The Labute approximate surface area is 91.2 Å². The third-order valence-corrected chi connectivity index (χ3v) is 1.98. The largest absolute Gasteiger partial charge is 0.480 e. The summed E-state index contributed by atoms with van der Waals surface area (Å²) >= 11 is 5.50. The second kappa shape index (κ2) is 4.84. The Balaban J connectivity index is 2.77. The van der Waals surface area contributed by atoms with E-state index in [1.807, 2.05) is 0 Å². The molecule has 1 aromatic heterocycles. The maximum Gasteiger partial charge on any atom is 0.323 e. The average Bonchev–Trinajstić information content (AvgIpc) is 2.60. The Morgan fingerprint density at radius 3 is 2.60 bits per heavy atom. The number of hydrogen-bond donors (Lipinski definition) is 1. The van der Waals surface area contributed by atoms with Gasteiger partial charge in [0.15, 0.2) is 11.0 Å². The minimum absolute atomic E-state index is 0.0445. The van der Waals surface area contributed by atoms with Crippen molar-refractivity contribution in [2.75, 3.05) is 13.1 Å². The van der Waals surface area contributed by atoms with E-state index in [1.54, 1.807) is 6.92 Å². The number of likely N-dealkylation sites (N-methyl/N-ethyl adjacent to an activating group) is 1. The maximum atomic E-state index is 11.6. The van der Waals surface area contributed by atoms with Gasteiger partial charge in [-0.2, -0.15) is 0 Å². The summed E-state index contributed by atoms with van der Waals surface area (Å²) in [5.74, 6) is -1.50. The minimum Gasteiger partial charge on any atom is -0.480 e. The minimum atomic E-state index is -1.07. The fourth-order valence-corrected chi connectivity index (χ4v) is 1.22. The van der Waals surface area contributed by atoms with Crippen molar-refractivity contribution in [1.29, 1.82) is 0 Å². The molecule has 0 radical (unpaired) electrons. The normalized spacial score (nSPS) is 10.0. The summed E-state index contributed by atoms with van der Waals surface area (Å²) in [5.41, 5.74) is 0. The first-order valence-corrected chi connectivity index (χ1v) is 4.68. The molecule has 0 spiro atoms. The van der Waals surface area contributed by atoms with E-state index < -0.39 is 11.9 Å². The number of aliphatic carboxylic acids is 1. The van der Waals surface area contributed by atoms with E-state index in [1.165, 1.54) is 12.1 Å². The summed E-state index contributed by atoms with van der Waals surface area (Å²) in [6.45, 7) is 1.63. The van der Waals surface area contributed by atoms with E-state index in [2.05, 4.69) is 0 Å². The Kier molecular flexibility index (Phi) is 3.74. The molecule has 1 rings (SSSR count). The molecule has 0 saturated carbocycles. The summed E-state index contributed by atoms with van der Waals surface area (Å²) in [6.07, 6.45) is 0. The van der Waals surface area contributed by atoms with Gasteiger partial charge in [-0.15, -0.1) is 0 Å². The van der Waals surface area contributed by atoms with Crippen molar-refractivity contribution in [3.63, 3.8) is 0 Å². The summed E-state index contributed by atoms with van der Waals surface area (Å²) in [6, 6.07) is 2.85. The molecule has 0 aliphatic heterocycles. The highest BCUT2D eigenvalue weighted by Crippen LogP contribution is 2.14. The monoisotopic (exact) mass is 231 g/mol. The molecule has 0 atom stereocenters. The highest BCUT2D eigenvalue weighted by atomic mass is 35.5. The molecule has 15 heavy (non-hydrogen) atoms. The number of hydrogen-bond acceptors (Lipinski definition) is 3. The predicted molar refractivity (Wildman–Crippen MR) is 52.9 cm³/mol. The van der Waals surface area contributed by atoms with Crippen LogP contribution in [0.1, 0.15) is 17.5 Å². The van der Waals surface area contributed by atoms with Crippen LogP contribution in [0.5, 0.6) is 0 Å². The van der Waals surface area contributed by atoms with Crippen molar-refractivity contribution >= 4 is 23.5 Å². The van der Waals surface area contributed by atoms with Gasteiger partial charge < -0.3 is 14.4 Å². The van der Waals surface area contributed by atoms with Crippen molar-refractivity contribution in [1.82, 2.24) is 4.90 Å². The fraction of sp³-hybridized carbons (Fsp3) is 0.333. The molecule has 1 heterocycles. The number of carbonyl (C=O) groups is 2. The van der Waals surface area contributed by atoms with Gasteiger partial charge in [0.1, 0.15) is 6.54 Å². The van der Waals surface area contributed by atoms with Crippen LogP contribution in [-0.2, 0) is 4.79 Å². The van der Waals surface area contributed by atoms with Gasteiger partial charge in [-0.05, 0) is 30.7 Å². The molecule has 0 aliphatic rings. The van der Waals surface area contributed by atoms with Crippen molar-refractivity contribution in [3.8, 4) is 0 Å². The molecule has 1 amide bonds. The smallest absolute Gasteiger partial charge is 0.323 e. The average molecular weight is 232 g/mol. The van der Waals surface area contributed by atoms with E-state index in [4.69, 9.17) is 21.1 Å². The highest BCUT2D eigenvalue weighted by Gasteiger charge is 2.19. The Hall–Kier alpha value is -1.49. The zero-order valence-corrected chi connectivity index (χ0v) is 8.82. The fourth-order valence-electron chi connectivity index (χ4n) is 1.08. The number of halogens is 1. The summed E-state index contributed by atoms with van der Waals surface area (Å²) in [4.78, 5) is 23.2. The van der Waals surface area contributed by atoms with Crippen LogP contribution in [0.3, 0.4) is 0 Å². The standard InChI is InChI=1S/C9H10ClNO4/c1-2-11(5-8(12)13)9(14)6-3-4-7(10)15-6/h3-4H,2,5H2,1H3,(H,12,13). The van der Waals surface area contributed by atoms with Crippen molar-refractivity contribution in [2.24, 2.45) is 0 Å². The summed E-state index contributed by atoms with van der Waals surface area (Å²) in [5, 5.41) is 8.67. The third kappa shape index (κ3) is 2.99. The lowest BCUT2D eigenvalue weighted by molar-refractivity contribution is -0.137. The maximum absolute atomic E-state index is 11.6. The van der Waals surface area contributed by atoms with E-state index in [-0.39, 0.29) is 17.5 Å². The van der Waals surface area contributed by atoms with Crippen LogP contribution >= 0.6 is 11.6 Å². The molecule has 0 aliphatic carbocycles. The van der Waals surface area contributed by atoms with Gasteiger partial charge in [0.05, 0.1) is 0 Å². The van der Waals surface area contributed by atoms with Gasteiger partial charge >= 0.3 is 5.97 Å². The van der Waals surface area contributed by atoms with Crippen molar-refractivity contribution in [2.45, 2.75) is 6.92 Å². The molecule has 82 valence electrons. The summed E-state index contributed by atoms with van der Waals surface area (Å²) in [7, 11) is 0. The topological polar surface area (TPSA) is 70.8 Å². The number of amides is 1. The Morgan fingerprint density at radius 1 is 1.53 bits per heavy atom. The molecule has 0 fully saturated rings. The van der Waals surface area contributed by atoms with Crippen LogP contribution in [0.2, 0.25) is 5.22 Å². The van der Waals surface area contributed by atoms with Gasteiger partial charge in [0.2, 0.25) is 0 Å². The van der Waals surface area contributed by atoms with E-state index in [0.29, 0.717) is 6.54 Å². The molecule has 5 nitrogen and oxygen atoms in total. The zero-order valence-electron chi connectivity index (χ0n) is 8.07. The SMILES string of the molecule is CCN(CC(=O)O)C(=O)c1ccc(Cl)o1. The summed E-state index contributed by atoms with van der Waals surface area (Å²) < 4.78 is 4.89. The lowest BCUT2D eigenvalue weighted by Gasteiger charge is -2.16. The first kappa shape index (κ1) is 11.6. The van der Waals surface area contributed by atoms with Crippen LogP contribution in [-0.4, -0.2) is 35.0 Å². The molecule has 0 unspecified atom stereocenters. The van der Waals surface area contributed by atoms with Gasteiger partial charge in [0, 0.05) is 6.54 Å². The molecule has 0 bridgehead atoms. The number of nitrogens with zero attached hydrogens (tertiary/aromatic N) is 1. The van der Waals surface area contributed by atoms with Crippen LogP contribution in [0, 0.1) is 0 Å². The third-order valence-electron chi connectivity index (χ3n) is 1.78. The second-order valence-electron chi connectivity index (χ2n) is 2.82. The predicted octanol–water partition coefficient (Wildman–Crippen LogP) is 1.48. The Morgan fingerprint density at radius 2 is 2.20 bits per heavy atom. The van der Waals surface area contributed by atoms with Gasteiger partial charge in [-0.1, -0.05) is 0 Å². The van der Waals surface area contributed by atoms with Gasteiger partial charge in [0.25, 0.3) is 5.91 Å². The van der Waals surface area contributed by atoms with Crippen LogP contribution in [0.4, 0.5) is 0 Å². The quantitative estimate of drug-likeness (QED) is 0.852. The Bertz CT molecular complexity index is 374. The van der Waals surface area contributed by atoms with Crippen LogP contribution < -0.4 is 0 Å². The lowest BCUT2D eigenvalue weighted by Crippen LogP contribution is -2.35. The molecule has 1 N–H and O–H groups in total. The molecule has 6 heteroatoms. The van der Waals surface area contributed by atoms with Gasteiger partial charge in [-0.3, -0.25) is 9.59 Å². The van der Waals surface area contributed by atoms with E-state index in [9.17, 15) is 9.59 Å². The molecular weight excluding hydrogens is 222 g/mol.